The minimum Gasteiger partial charge on any atom is -0.345 e. The summed E-state index contributed by atoms with van der Waals surface area (Å²) in [5, 5.41) is 14.3. The first-order chi connectivity index (χ1) is 18.9. The average Bonchev–Trinajstić information content (AvgIpc) is 3.31. The molecular weight excluding hydrogens is 678 g/mol. The van der Waals surface area contributed by atoms with E-state index < -0.39 is 23.6 Å². The Morgan fingerprint density at radius 2 is 1.65 bits per heavy atom. The van der Waals surface area contributed by atoms with Crippen LogP contribution in [0.4, 0.5) is 18.9 Å². The number of thioether (sulfide) groups is 1. The molecule has 7 nitrogen and oxygen atoms in total. The van der Waals surface area contributed by atoms with E-state index in [0.29, 0.717) is 21.7 Å². The molecule has 0 saturated heterocycles. The summed E-state index contributed by atoms with van der Waals surface area (Å²) >= 11 is 22.5. The van der Waals surface area contributed by atoms with Crippen LogP contribution in [0.3, 0.4) is 0 Å². The molecule has 2 N–H and O–H groups in total. The highest BCUT2D eigenvalue weighted by atomic mass is 79.9. The molecule has 0 aliphatic heterocycles. The third-order valence-electron chi connectivity index (χ3n) is 5.27. The van der Waals surface area contributed by atoms with Gasteiger partial charge in [-0.05, 0) is 60.7 Å². The summed E-state index contributed by atoms with van der Waals surface area (Å²) in [6.45, 7) is -0.0443. The third-order valence-corrected chi connectivity index (χ3v) is 7.62. The summed E-state index contributed by atoms with van der Waals surface area (Å²) in [7, 11) is 0. The fourth-order valence-corrected chi connectivity index (χ4v) is 4.97. The van der Waals surface area contributed by atoms with Gasteiger partial charge in [-0.2, -0.15) is 13.2 Å². The molecule has 4 aromatic rings. The minimum absolute atomic E-state index is 0.0396. The summed E-state index contributed by atoms with van der Waals surface area (Å²) in [6, 6.07) is 14.3. The number of carbonyl (C=O) groups excluding carboxylic acids is 2. The van der Waals surface area contributed by atoms with Crippen LogP contribution in [0.1, 0.15) is 21.7 Å². The van der Waals surface area contributed by atoms with Gasteiger partial charge in [0.25, 0.3) is 5.91 Å². The lowest BCUT2D eigenvalue weighted by atomic mass is 10.2. The number of nitrogens with zero attached hydrogens (tertiary/aromatic N) is 3. The minimum atomic E-state index is -4.59. The number of nitrogens with one attached hydrogen (secondary N) is 2. The fourth-order valence-electron chi connectivity index (χ4n) is 3.40. The monoisotopic (exact) mass is 691 g/mol. The van der Waals surface area contributed by atoms with Gasteiger partial charge in [0.1, 0.15) is 0 Å². The highest BCUT2D eigenvalue weighted by Crippen LogP contribution is 2.34. The van der Waals surface area contributed by atoms with Crippen LogP contribution in [0, 0.1) is 0 Å². The lowest BCUT2D eigenvalue weighted by Crippen LogP contribution is -2.25. The second-order valence-corrected chi connectivity index (χ2v) is 11.2. The molecule has 0 unspecified atom stereocenters. The van der Waals surface area contributed by atoms with Gasteiger partial charge in [-0.15, -0.1) is 10.2 Å². The van der Waals surface area contributed by atoms with E-state index in [4.69, 9.17) is 34.8 Å². The van der Waals surface area contributed by atoms with Crippen molar-refractivity contribution in [3.63, 3.8) is 0 Å². The predicted octanol–water partition coefficient (Wildman–Crippen LogP) is 7.67. The number of anilines is 1. The highest BCUT2D eigenvalue weighted by Gasteiger charge is 2.31. The van der Waals surface area contributed by atoms with E-state index in [1.54, 1.807) is 34.9 Å². The molecule has 208 valence electrons. The first-order valence-electron chi connectivity index (χ1n) is 11.2. The van der Waals surface area contributed by atoms with Gasteiger partial charge >= 0.3 is 6.18 Å². The largest absolute Gasteiger partial charge is 0.416 e. The SMILES string of the molecule is O=C(CSc1nnc(CNC(=O)c2cc(Cl)ccc2Cl)n1-c1ccc(Br)cc1)Nc1cc(C(F)(F)F)ccc1Cl. The van der Waals surface area contributed by atoms with Crippen LogP contribution in [-0.2, 0) is 17.5 Å². The standard InChI is InChI=1S/C25H16BrCl3F3N5O2S/c26-14-2-5-16(6-3-14)37-21(11-33-23(39)17-10-15(27)4-8-18(17)28)35-36-24(37)40-12-22(38)34-20-9-13(25(30,31)32)1-7-19(20)29/h1-10H,11-12H2,(H,33,39)(H,34,38). The van der Waals surface area contributed by atoms with Crippen LogP contribution in [0.5, 0.6) is 0 Å². The maximum absolute atomic E-state index is 13.1. The van der Waals surface area contributed by atoms with Crippen molar-refractivity contribution in [2.24, 2.45) is 0 Å². The van der Waals surface area contributed by atoms with Gasteiger partial charge in [0.2, 0.25) is 5.91 Å². The summed E-state index contributed by atoms with van der Waals surface area (Å²) in [5.74, 6) is -0.963. The van der Waals surface area contributed by atoms with E-state index in [1.165, 1.54) is 12.1 Å². The molecule has 0 bridgehead atoms. The van der Waals surface area contributed by atoms with Gasteiger partial charge in [-0.3, -0.25) is 14.2 Å². The molecule has 0 aliphatic carbocycles. The molecule has 0 spiro atoms. The first kappa shape index (κ1) is 30.2. The zero-order valence-electron chi connectivity index (χ0n) is 19.9. The van der Waals surface area contributed by atoms with Gasteiger partial charge in [0, 0.05) is 15.2 Å². The number of rotatable bonds is 8. The molecule has 4 rings (SSSR count). The predicted molar refractivity (Wildman–Crippen MR) is 152 cm³/mol. The van der Waals surface area contributed by atoms with E-state index in [-0.39, 0.29) is 33.6 Å². The molecule has 40 heavy (non-hydrogen) atoms. The van der Waals surface area contributed by atoms with Crippen molar-refractivity contribution in [3.8, 4) is 5.69 Å². The van der Waals surface area contributed by atoms with E-state index in [1.807, 2.05) is 0 Å². The Hall–Kier alpha value is -2.77. The van der Waals surface area contributed by atoms with Crippen LogP contribution >= 0.6 is 62.5 Å². The number of aromatic nitrogens is 3. The third kappa shape index (κ3) is 7.49. The van der Waals surface area contributed by atoms with Gasteiger partial charge in [0.05, 0.1) is 39.2 Å². The van der Waals surface area contributed by atoms with Crippen LogP contribution in [0.2, 0.25) is 15.1 Å². The van der Waals surface area contributed by atoms with Gasteiger partial charge in [0.15, 0.2) is 11.0 Å². The number of hydrogen-bond acceptors (Lipinski definition) is 5. The quantitative estimate of drug-likeness (QED) is 0.185. The summed E-state index contributed by atoms with van der Waals surface area (Å²) in [5.41, 5.74) is -0.286. The van der Waals surface area contributed by atoms with Crippen LogP contribution in [-0.4, -0.2) is 32.3 Å². The van der Waals surface area contributed by atoms with Gasteiger partial charge in [-0.25, -0.2) is 0 Å². The molecule has 15 heteroatoms. The Morgan fingerprint density at radius 1 is 0.950 bits per heavy atom. The van der Waals surface area contributed by atoms with E-state index in [2.05, 4.69) is 36.8 Å². The van der Waals surface area contributed by atoms with Crippen molar-refractivity contribution in [2.75, 3.05) is 11.1 Å². The maximum atomic E-state index is 13.1. The number of amides is 2. The summed E-state index contributed by atoms with van der Waals surface area (Å²) < 4.78 is 41.7. The van der Waals surface area contributed by atoms with E-state index in [9.17, 15) is 22.8 Å². The molecule has 0 atom stereocenters. The molecule has 0 aliphatic rings. The zero-order chi connectivity index (χ0) is 29.0. The van der Waals surface area contributed by atoms with Crippen LogP contribution in [0.25, 0.3) is 5.69 Å². The number of halogens is 7. The van der Waals surface area contributed by atoms with Crippen LogP contribution < -0.4 is 10.6 Å². The lowest BCUT2D eigenvalue weighted by molar-refractivity contribution is -0.137. The molecule has 3 aromatic carbocycles. The molecule has 2 amide bonds. The van der Waals surface area contributed by atoms with E-state index in [0.717, 1.165) is 34.4 Å². The molecule has 0 saturated carbocycles. The normalized spacial score (nSPS) is 11.4. The Bertz CT molecular complexity index is 1570. The lowest BCUT2D eigenvalue weighted by Gasteiger charge is -2.13. The Kier molecular flexibility index (Phi) is 9.68. The maximum Gasteiger partial charge on any atom is 0.416 e. The zero-order valence-corrected chi connectivity index (χ0v) is 24.6. The number of carbonyl (C=O) groups is 2. The van der Waals surface area contributed by atoms with Crippen molar-refractivity contribution in [2.45, 2.75) is 17.9 Å². The second-order valence-electron chi connectivity index (χ2n) is 8.05. The number of alkyl halides is 3. The smallest absolute Gasteiger partial charge is 0.345 e. The summed E-state index contributed by atoms with van der Waals surface area (Å²) in [6.07, 6.45) is -4.59. The van der Waals surface area contributed by atoms with Crippen molar-refractivity contribution in [3.05, 3.63) is 97.2 Å². The van der Waals surface area contributed by atoms with Gasteiger partial charge in [-0.1, -0.05) is 62.5 Å². The van der Waals surface area contributed by atoms with E-state index >= 15 is 0 Å². The second kappa shape index (κ2) is 12.8. The van der Waals surface area contributed by atoms with Crippen LogP contribution in [0.15, 0.2) is 70.3 Å². The average molecular weight is 694 g/mol. The molecular formula is C25H16BrCl3F3N5O2S. The van der Waals surface area contributed by atoms with Gasteiger partial charge < -0.3 is 10.6 Å². The number of hydrogen-bond donors (Lipinski definition) is 2. The topological polar surface area (TPSA) is 88.9 Å². The summed E-state index contributed by atoms with van der Waals surface area (Å²) in [4.78, 5) is 25.3. The fraction of sp³-hybridized carbons (Fsp3) is 0.120. The molecule has 1 heterocycles. The number of benzene rings is 3. The van der Waals surface area contributed by atoms with Crippen molar-refractivity contribution in [1.82, 2.24) is 20.1 Å². The molecule has 1 aromatic heterocycles. The Labute approximate surface area is 253 Å². The van der Waals surface area contributed by atoms with Crippen molar-refractivity contribution >= 4 is 80.0 Å². The molecule has 0 radical (unpaired) electrons. The Morgan fingerprint density at radius 3 is 2.35 bits per heavy atom. The Balaban J connectivity index is 1.52. The first-order valence-corrected chi connectivity index (χ1v) is 14.1. The van der Waals surface area contributed by atoms with Crippen molar-refractivity contribution < 1.29 is 22.8 Å². The molecule has 0 fully saturated rings. The highest BCUT2D eigenvalue weighted by molar-refractivity contribution is 9.10. The van der Waals surface area contributed by atoms with Crippen molar-refractivity contribution in [1.29, 1.82) is 0 Å².